The molecule has 19 heavy (non-hydrogen) atoms. The SMILES string of the molecule is CCC(CN)C(=O)NCc1ccc(C(=O)NC)cc1. The summed E-state index contributed by atoms with van der Waals surface area (Å²) in [7, 11) is 1.59. The van der Waals surface area contributed by atoms with Gasteiger partial charge in [0.1, 0.15) is 0 Å². The Morgan fingerprint density at radius 2 is 1.89 bits per heavy atom. The summed E-state index contributed by atoms with van der Waals surface area (Å²) in [5.41, 5.74) is 7.07. The molecule has 104 valence electrons. The molecule has 0 saturated heterocycles. The molecule has 0 fully saturated rings. The fraction of sp³-hybridized carbons (Fsp3) is 0.429. The van der Waals surface area contributed by atoms with Crippen LogP contribution in [0, 0.1) is 5.92 Å². The summed E-state index contributed by atoms with van der Waals surface area (Å²) in [5.74, 6) is -0.282. The summed E-state index contributed by atoms with van der Waals surface area (Å²) in [4.78, 5) is 23.1. The van der Waals surface area contributed by atoms with Crippen molar-refractivity contribution in [3.63, 3.8) is 0 Å². The Hall–Kier alpha value is -1.88. The molecule has 1 atom stereocenters. The largest absolute Gasteiger partial charge is 0.355 e. The van der Waals surface area contributed by atoms with Gasteiger partial charge in [0.05, 0.1) is 0 Å². The van der Waals surface area contributed by atoms with E-state index in [4.69, 9.17) is 5.73 Å². The number of nitrogens with two attached hydrogens (primary N) is 1. The van der Waals surface area contributed by atoms with Crippen LogP contribution in [0.5, 0.6) is 0 Å². The normalized spacial score (nSPS) is 11.7. The molecule has 0 saturated carbocycles. The van der Waals surface area contributed by atoms with E-state index >= 15 is 0 Å². The highest BCUT2D eigenvalue weighted by Crippen LogP contribution is 2.05. The van der Waals surface area contributed by atoms with Gasteiger partial charge in [-0.2, -0.15) is 0 Å². The predicted molar refractivity (Wildman–Crippen MR) is 74.5 cm³/mol. The zero-order valence-electron chi connectivity index (χ0n) is 11.4. The average molecular weight is 263 g/mol. The van der Waals surface area contributed by atoms with Crippen LogP contribution in [0.25, 0.3) is 0 Å². The Morgan fingerprint density at radius 1 is 1.26 bits per heavy atom. The minimum atomic E-state index is -0.134. The van der Waals surface area contributed by atoms with Crippen LogP contribution in [0.1, 0.15) is 29.3 Å². The molecule has 1 aromatic rings. The lowest BCUT2D eigenvalue weighted by molar-refractivity contribution is -0.124. The molecular formula is C14H21N3O2. The molecule has 1 rings (SSSR count). The Balaban J connectivity index is 2.54. The zero-order chi connectivity index (χ0) is 14.3. The summed E-state index contributed by atoms with van der Waals surface area (Å²) in [6.45, 7) is 2.75. The van der Waals surface area contributed by atoms with Gasteiger partial charge in [0, 0.05) is 31.6 Å². The monoisotopic (exact) mass is 263 g/mol. The molecule has 4 N–H and O–H groups in total. The van der Waals surface area contributed by atoms with Gasteiger partial charge < -0.3 is 16.4 Å². The minimum Gasteiger partial charge on any atom is -0.355 e. The first-order valence-electron chi connectivity index (χ1n) is 6.41. The highest BCUT2D eigenvalue weighted by atomic mass is 16.2. The molecule has 0 bridgehead atoms. The van der Waals surface area contributed by atoms with Crippen molar-refractivity contribution in [2.45, 2.75) is 19.9 Å². The topological polar surface area (TPSA) is 84.2 Å². The van der Waals surface area contributed by atoms with Crippen LogP contribution < -0.4 is 16.4 Å². The molecule has 0 aliphatic rings. The van der Waals surface area contributed by atoms with Crippen molar-refractivity contribution in [1.29, 1.82) is 0 Å². The van der Waals surface area contributed by atoms with E-state index in [1.165, 1.54) is 0 Å². The predicted octanol–water partition coefficient (Wildman–Crippen LogP) is 0.647. The van der Waals surface area contributed by atoms with Crippen LogP contribution in [-0.2, 0) is 11.3 Å². The Labute approximate surface area is 113 Å². The van der Waals surface area contributed by atoms with Gasteiger partial charge >= 0.3 is 0 Å². The van der Waals surface area contributed by atoms with Crippen LogP contribution in [0.3, 0.4) is 0 Å². The van der Waals surface area contributed by atoms with Gasteiger partial charge in [0.25, 0.3) is 5.91 Å². The highest BCUT2D eigenvalue weighted by molar-refractivity contribution is 5.93. The van der Waals surface area contributed by atoms with Crippen LogP contribution in [0.2, 0.25) is 0 Å². The van der Waals surface area contributed by atoms with Crippen molar-refractivity contribution < 1.29 is 9.59 Å². The van der Waals surface area contributed by atoms with E-state index in [2.05, 4.69) is 10.6 Å². The Bertz CT molecular complexity index is 425. The van der Waals surface area contributed by atoms with Crippen molar-refractivity contribution in [2.75, 3.05) is 13.6 Å². The third-order valence-corrected chi connectivity index (χ3v) is 3.06. The quantitative estimate of drug-likeness (QED) is 0.704. The first kappa shape index (κ1) is 15.2. The summed E-state index contributed by atoms with van der Waals surface area (Å²) in [5, 5.41) is 5.40. The van der Waals surface area contributed by atoms with Gasteiger partial charge in [-0.05, 0) is 24.1 Å². The van der Waals surface area contributed by atoms with Crippen LogP contribution in [0.4, 0.5) is 0 Å². The number of amides is 2. The summed E-state index contributed by atoms with van der Waals surface area (Å²) >= 11 is 0. The molecule has 0 radical (unpaired) electrons. The summed E-state index contributed by atoms with van der Waals surface area (Å²) < 4.78 is 0. The summed E-state index contributed by atoms with van der Waals surface area (Å²) in [6.07, 6.45) is 0.734. The molecule has 0 spiro atoms. The molecule has 0 heterocycles. The molecule has 2 amide bonds. The van der Waals surface area contributed by atoms with E-state index in [0.29, 0.717) is 18.7 Å². The fourth-order valence-electron chi connectivity index (χ4n) is 1.71. The lowest BCUT2D eigenvalue weighted by Crippen LogP contribution is -2.34. The smallest absolute Gasteiger partial charge is 0.251 e. The first-order valence-corrected chi connectivity index (χ1v) is 6.41. The molecule has 0 aliphatic heterocycles. The van der Waals surface area contributed by atoms with Crippen molar-refractivity contribution in [3.8, 4) is 0 Å². The number of benzene rings is 1. The van der Waals surface area contributed by atoms with Gasteiger partial charge in [0.15, 0.2) is 0 Å². The molecule has 1 unspecified atom stereocenters. The van der Waals surface area contributed by atoms with Crippen molar-refractivity contribution in [3.05, 3.63) is 35.4 Å². The number of hydrogen-bond donors (Lipinski definition) is 3. The van der Waals surface area contributed by atoms with Gasteiger partial charge in [-0.1, -0.05) is 19.1 Å². The van der Waals surface area contributed by atoms with Crippen LogP contribution in [0.15, 0.2) is 24.3 Å². The second-order valence-electron chi connectivity index (χ2n) is 4.33. The minimum absolute atomic E-state index is 0.0274. The van der Waals surface area contributed by atoms with Gasteiger partial charge in [-0.15, -0.1) is 0 Å². The molecule has 5 heteroatoms. The van der Waals surface area contributed by atoms with E-state index in [1.54, 1.807) is 19.2 Å². The lowest BCUT2D eigenvalue weighted by Gasteiger charge is -2.12. The third-order valence-electron chi connectivity index (χ3n) is 3.06. The van der Waals surface area contributed by atoms with E-state index in [-0.39, 0.29) is 17.7 Å². The Kier molecular flexibility index (Phi) is 6.02. The number of carbonyl (C=O) groups is 2. The Morgan fingerprint density at radius 3 is 2.37 bits per heavy atom. The maximum atomic E-state index is 11.7. The van der Waals surface area contributed by atoms with E-state index in [9.17, 15) is 9.59 Å². The van der Waals surface area contributed by atoms with Gasteiger partial charge in [-0.25, -0.2) is 0 Å². The van der Waals surface area contributed by atoms with Crippen LogP contribution >= 0.6 is 0 Å². The van der Waals surface area contributed by atoms with Crippen LogP contribution in [-0.4, -0.2) is 25.4 Å². The number of hydrogen-bond acceptors (Lipinski definition) is 3. The molecule has 1 aromatic carbocycles. The van der Waals surface area contributed by atoms with Gasteiger partial charge in [-0.3, -0.25) is 9.59 Å². The summed E-state index contributed by atoms with van der Waals surface area (Å²) in [6, 6.07) is 7.13. The molecular weight excluding hydrogens is 242 g/mol. The van der Waals surface area contributed by atoms with Gasteiger partial charge in [0.2, 0.25) is 5.91 Å². The fourth-order valence-corrected chi connectivity index (χ4v) is 1.71. The second-order valence-corrected chi connectivity index (χ2v) is 4.33. The number of nitrogens with one attached hydrogen (secondary N) is 2. The first-order chi connectivity index (χ1) is 9.12. The number of rotatable bonds is 6. The van der Waals surface area contributed by atoms with E-state index in [1.807, 2.05) is 19.1 Å². The average Bonchev–Trinajstić information content (AvgIpc) is 2.46. The maximum absolute atomic E-state index is 11.7. The lowest BCUT2D eigenvalue weighted by atomic mass is 10.1. The van der Waals surface area contributed by atoms with E-state index < -0.39 is 0 Å². The molecule has 5 nitrogen and oxygen atoms in total. The van der Waals surface area contributed by atoms with Crippen molar-refractivity contribution in [2.24, 2.45) is 11.7 Å². The third kappa shape index (κ3) is 4.37. The zero-order valence-corrected chi connectivity index (χ0v) is 11.4. The highest BCUT2D eigenvalue weighted by Gasteiger charge is 2.13. The number of carbonyl (C=O) groups excluding carboxylic acids is 2. The van der Waals surface area contributed by atoms with Crippen molar-refractivity contribution in [1.82, 2.24) is 10.6 Å². The maximum Gasteiger partial charge on any atom is 0.251 e. The molecule has 0 aromatic heterocycles. The van der Waals surface area contributed by atoms with Crippen molar-refractivity contribution >= 4 is 11.8 Å². The standard InChI is InChI=1S/C14H21N3O2/c1-3-11(8-15)14(19)17-9-10-4-6-12(7-5-10)13(18)16-2/h4-7,11H,3,8-9,15H2,1-2H3,(H,16,18)(H,17,19). The molecule has 0 aliphatic carbocycles. The second kappa shape index (κ2) is 7.53. The van der Waals surface area contributed by atoms with E-state index in [0.717, 1.165) is 12.0 Å².